The van der Waals surface area contributed by atoms with Crippen LogP contribution in [0.15, 0.2) is 0 Å². The Morgan fingerprint density at radius 2 is 1.91 bits per heavy atom. The van der Waals surface area contributed by atoms with Gasteiger partial charge in [0.05, 0.1) is 12.1 Å². The zero-order chi connectivity index (χ0) is 8.85. The van der Waals surface area contributed by atoms with Gasteiger partial charge in [0.1, 0.15) is 0 Å². The minimum absolute atomic E-state index is 0.0139. The van der Waals surface area contributed by atoms with Crippen LogP contribution in [0.4, 0.5) is 0 Å². The maximum absolute atomic E-state index is 8.76. The molecule has 0 radical (unpaired) electrons. The molecule has 0 aliphatic carbocycles. The Morgan fingerprint density at radius 3 is 2.18 bits per heavy atom. The molecule has 0 aliphatic heterocycles. The lowest BCUT2D eigenvalue weighted by molar-refractivity contribution is 0.348. The highest BCUT2D eigenvalue weighted by Gasteiger charge is 2.17. The van der Waals surface area contributed by atoms with Crippen molar-refractivity contribution in [2.24, 2.45) is 11.8 Å². The second-order valence-corrected chi connectivity index (χ2v) is 3.27. The highest BCUT2D eigenvalue weighted by Crippen LogP contribution is 2.13. The average molecular weight is 154 g/mol. The molecule has 1 unspecified atom stereocenters. The Labute approximate surface area is 69.6 Å². The van der Waals surface area contributed by atoms with Crippen LogP contribution in [0.2, 0.25) is 0 Å². The molecule has 0 fully saturated rings. The van der Waals surface area contributed by atoms with Crippen molar-refractivity contribution in [1.29, 1.82) is 5.26 Å². The lowest BCUT2D eigenvalue weighted by atomic mass is 9.91. The molecule has 0 spiro atoms. The molecule has 0 heterocycles. The number of hydrogen-bond donors (Lipinski definition) is 1. The molecule has 0 bridgehead atoms. The van der Waals surface area contributed by atoms with Gasteiger partial charge in [-0.1, -0.05) is 27.7 Å². The van der Waals surface area contributed by atoms with Crippen LogP contribution in [0, 0.1) is 23.2 Å². The summed E-state index contributed by atoms with van der Waals surface area (Å²) in [6.45, 7) is 9.30. The standard InChI is InChI=1S/C9H18N2/c1-5-11-9(6-10)8(4)7(2)3/h7-9,11H,5H2,1-4H3/t8-,9?/m0/s1. The second kappa shape index (κ2) is 5.15. The van der Waals surface area contributed by atoms with E-state index in [2.05, 4.69) is 32.2 Å². The summed E-state index contributed by atoms with van der Waals surface area (Å²) >= 11 is 0. The summed E-state index contributed by atoms with van der Waals surface area (Å²) in [5.74, 6) is 0.999. The Balaban J connectivity index is 3.94. The molecule has 0 aromatic carbocycles. The predicted molar refractivity (Wildman–Crippen MR) is 47.1 cm³/mol. The quantitative estimate of drug-likeness (QED) is 0.670. The minimum Gasteiger partial charge on any atom is -0.302 e. The average Bonchev–Trinajstić information content (AvgIpc) is 1.98. The molecular formula is C9H18N2. The molecule has 0 aliphatic rings. The molecular weight excluding hydrogens is 136 g/mol. The maximum Gasteiger partial charge on any atom is 0.0981 e. The van der Waals surface area contributed by atoms with Crippen LogP contribution >= 0.6 is 0 Å². The molecule has 0 aromatic rings. The third-order valence-electron chi connectivity index (χ3n) is 2.14. The zero-order valence-electron chi connectivity index (χ0n) is 7.89. The first kappa shape index (κ1) is 10.4. The van der Waals surface area contributed by atoms with Crippen molar-refractivity contribution in [1.82, 2.24) is 5.32 Å². The summed E-state index contributed by atoms with van der Waals surface area (Å²) in [7, 11) is 0. The van der Waals surface area contributed by atoms with Gasteiger partial charge < -0.3 is 5.32 Å². The molecule has 2 heteroatoms. The van der Waals surface area contributed by atoms with Crippen molar-refractivity contribution < 1.29 is 0 Å². The van der Waals surface area contributed by atoms with Crippen LogP contribution in [0.1, 0.15) is 27.7 Å². The SMILES string of the molecule is CCNC(C#N)[C@@H](C)C(C)C. The van der Waals surface area contributed by atoms with E-state index in [1.807, 2.05) is 6.92 Å². The molecule has 0 saturated carbocycles. The molecule has 11 heavy (non-hydrogen) atoms. The molecule has 1 N–H and O–H groups in total. The van der Waals surface area contributed by atoms with E-state index in [0.29, 0.717) is 11.8 Å². The Kier molecular flexibility index (Phi) is 4.89. The first-order valence-corrected chi connectivity index (χ1v) is 4.26. The van der Waals surface area contributed by atoms with E-state index in [1.54, 1.807) is 0 Å². The van der Waals surface area contributed by atoms with Crippen LogP contribution in [0.25, 0.3) is 0 Å². The van der Waals surface area contributed by atoms with Crippen molar-refractivity contribution in [2.75, 3.05) is 6.54 Å². The summed E-state index contributed by atoms with van der Waals surface area (Å²) in [4.78, 5) is 0. The zero-order valence-corrected chi connectivity index (χ0v) is 7.89. The van der Waals surface area contributed by atoms with E-state index >= 15 is 0 Å². The third-order valence-corrected chi connectivity index (χ3v) is 2.14. The molecule has 2 nitrogen and oxygen atoms in total. The van der Waals surface area contributed by atoms with Crippen LogP contribution in [0.3, 0.4) is 0 Å². The molecule has 0 aromatic heterocycles. The minimum atomic E-state index is 0.0139. The fourth-order valence-electron chi connectivity index (χ4n) is 0.954. The van der Waals surface area contributed by atoms with Gasteiger partial charge in [-0.2, -0.15) is 5.26 Å². The van der Waals surface area contributed by atoms with E-state index in [1.165, 1.54) is 0 Å². The topological polar surface area (TPSA) is 35.8 Å². The Hall–Kier alpha value is -0.550. The van der Waals surface area contributed by atoms with Crippen LogP contribution in [-0.2, 0) is 0 Å². The first-order valence-electron chi connectivity index (χ1n) is 4.26. The van der Waals surface area contributed by atoms with Gasteiger partial charge in [-0.25, -0.2) is 0 Å². The van der Waals surface area contributed by atoms with Gasteiger partial charge in [0, 0.05) is 0 Å². The summed E-state index contributed by atoms with van der Waals surface area (Å²) in [5, 5.41) is 11.9. The number of nitriles is 1. The van der Waals surface area contributed by atoms with E-state index < -0.39 is 0 Å². The molecule has 2 atom stereocenters. The van der Waals surface area contributed by atoms with E-state index in [9.17, 15) is 0 Å². The molecule has 0 amide bonds. The summed E-state index contributed by atoms with van der Waals surface area (Å²) in [6, 6.07) is 2.29. The number of nitrogens with zero attached hydrogens (tertiary/aromatic N) is 1. The highest BCUT2D eigenvalue weighted by atomic mass is 14.9. The van der Waals surface area contributed by atoms with Crippen LogP contribution in [0.5, 0.6) is 0 Å². The van der Waals surface area contributed by atoms with Gasteiger partial charge in [-0.15, -0.1) is 0 Å². The number of hydrogen-bond acceptors (Lipinski definition) is 2. The van der Waals surface area contributed by atoms with Crippen molar-refractivity contribution in [2.45, 2.75) is 33.7 Å². The van der Waals surface area contributed by atoms with E-state index in [-0.39, 0.29) is 6.04 Å². The monoisotopic (exact) mass is 154 g/mol. The van der Waals surface area contributed by atoms with Crippen LogP contribution < -0.4 is 5.32 Å². The van der Waals surface area contributed by atoms with E-state index in [0.717, 1.165) is 6.54 Å². The van der Waals surface area contributed by atoms with Crippen molar-refractivity contribution in [3.63, 3.8) is 0 Å². The third kappa shape index (κ3) is 3.38. The lowest BCUT2D eigenvalue weighted by Crippen LogP contribution is -2.35. The maximum atomic E-state index is 8.76. The normalized spacial score (nSPS) is 16.0. The van der Waals surface area contributed by atoms with Gasteiger partial charge >= 0.3 is 0 Å². The Morgan fingerprint density at radius 1 is 1.36 bits per heavy atom. The van der Waals surface area contributed by atoms with Gasteiger partial charge in [-0.05, 0) is 18.4 Å². The fraction of sp³-hybridized carbons (Fsp3) is 0.889. The lowest BCUT2D eigenvalue weighted by Gasteiger charge is -2.21. The number of nitrogens with one attached hydrogen (secondary N) is 1. The number of rotatable bonds is 4. The second-order valence-electron chi connectivity index (χ2n) is 3.27. The summed E-state index contributed by atoms with van der Waals surface area (Å²) in [5.41, 5.74) is 0. The Bertz CT molecular complexity index is 135. The van der Waals surface area contributed by atoms with Gasteiger partial charge in [0.2, 0.25) is 0 Å². The van der Waals surface area contributed by atoms with Crippen molar-refractivity contribution in [3.05, 3.63) is 0 Å². The first-order chi connectivity index (χ1) is 5.13. The molecule has 64 valence electrons. The molecule has 0 rings (SSSR count). The van der Waals surface area contributed by atoms with Gasteiger partial charge in [0.15, 0.2) is 0 Å². The van der Waals surface area contributed by atoms with Gasteiger partial charge in [-0.3, -0.25) is 0 Å². The highest BCUT2D eigenvalue weighted by molar-refractivity contribution is 4.93. The van der Waals surface area contributed by atoms with Crippen molar-refractivity contribution >= 4 is 0 Å². The van der Waals surface area contributed by atoms with Crippen molar-refractivity contribution in [3.8, 4) is 6.07 Å². The smallest absolute Gasteiger partial charge is 0.0981 e. The largest absolute Gasteiger partial charge is 0.302 e. The van der Waals surface area contributed by atoms with Gasteiger partial charge in [0.25, 0.3) is 0 Å². The molecule has 0 saturated heterocycles. The summed E-state index contributed by atoms with van der Waals surface area (Å²) < 4.78 is 0. The summed E-state index contributed by atoms with van der Waals surface area (Å²) in [6.07, 6.45) is 0. The predicted octanol–water partition coefficient (Wildman–Crippen LogP) is 1.78. The fourth-order valence-corrected chi connectivity index (χ4v) is 0.954. The van der Waals surface area contributed by atoms with Crippen LogP contribution in [-0.4, -0.2) is 12.6 Å². The van der Waals surface area contributed by atoms with E-state index in [4.69, 9.17) is 5.26 Å².